The number of carbonyl (C=O) groups excluding carboxylic acids is 2. The van der Waals surface area contributed by atoms with E-state index < -0.39 is 24.2 Å². The van der Waals surface area contributed by atoms with Gasteiger partial charge < -0.3 is 20.4 Å². The summed E-state index contributed by atoms with van der Waals surface area (Å²) < 4.78 is 0. The Bertz CT molecular complexity index is 400. The number of nitrogens with one attached hydrogen (secondary N) is 1. The predicted molar refractivity (Wildman–Crippen MR) is 84.1 cm³/mol. The van der Waals surface area contributed by atoms with Crippen molar-refractivity contribution in [2.24, 2.45) is 0 Å². The molecule has 1 fully saturated rings. The second kappa shape index (κ2) is 8.90. The Morgan fingerprint density at radius 2 is 2.14 bits per heavy atom. The van der Waals surface area contributed by atoms with E-state index in [1.54, 1.807) is 6.08 Å². The molecule has 1 saturated heterocycles. The van der Waals surface area contributed by atoms with Crippen LogP contribution in [0, 0.1) is 0 Å². The van der Waals surface area contributed by atoms with Crippen molar-refractivity contribution >= 4 is 11.8 Å². The third-order valence-electron chi connectivity index (χ3n) is 3.94. The average molecular weight is 312 g/mol. The van der Waals surface area contributed by atoms with Gasteiger partial charge in [-0.05, 0) is 26.2 Å². The zero-order chi connectivity index (χ0) is 16.7. The zero-order valence-electron chi connectivity index (χ0n) is 13.5. The summed E-state index contributed by atoms with van der Waals surface area (Å²) >= 11 is 0. The molecule has 1 rings (SSSR count). The van der Waals surface area contributed by atoms with Crippen LogP contribution in [0.15, 0.2) is 12.7 Å². The maximum Gasteiger partial charge on any atom is 0.245 e. The van der Waals surface area contributed by atoms with Crippen LogP contribution in [0.25, 0.3) is 0 Å². The number of allylic oxidation sites excluding steroid dienone is 1. The Morgan fingerprint density at radius 3 is 2.73 bits per heavy atom. The van der Waals surface area contributed by atoms with Crippen molar-refractivity contribution in [2.75, 3.05) is 6.54 Å². The summed E-state index contributed by atoms with van der Waals surface area (Å²) in [6.45, 7) is 7.50. The van der Waals surface area contributed by atoms with Crippen LogP contribution in [0.3, 0.4) is 0 Å². The van der Waals surface area contributed by atoms with E-state index in [9.17, 15) is 19.8 Å². The minimum absolute atomic E-state index is 0.00562. The highest BCUT2D eigenvalue weighted by molar-refractivity contribution is 5.89. The van der Waals surface area contributed by atoms with Gasteiger partial charge in [0.25, 0.3) is 0 Å². The van der Waals surface area contributed by atoms with Crippen LogP contribution in [-0.4, -0.2) is 57.8 Å². The minimum Gasteiger partial charge on any atom is -0.388 e. The van der Waals surface area contributed by atoms with E-state index in [-0.39, 0.29) is 24.9 Å². The lowest BCUT2D eigenvalue weighted by atomic mass is 10.1. The molecule has 0 saturated carbocycles. The molecule has 0 spiro atoms. The van der Waals surface area contributed by atoms with Gasteiger partial charge in [0, 0.05) is 12.5 Å². The largest absolute Gasteiger partial charge is 0.388 e. The molecule has 1 aliphatic heterocycles. The van der Waals surface area contributed by atoms with Crippen LogP contribution >= 0.6 is 0 Å². The molecule has 2 amide bonds. The highest BCUT2D eigenvalue weighted by Crippen LogP contribution is 2.21. The molecule has 0 aromatic rings. The maximum absolute atomic E-state index is 12.3. The molecule has 3 N–H and O–H groups in total. The SMILES string of the molecule is C=CCCCC(=O)N1C[C@H](O)[C@H](O)[C@H]1C(=O)NC(C)CCC. The van der Waals surface area contributed by atoms with Crippen LogP contribution in [0.1, 0.15) is 46.0 Å². The second-order valence-corrected chi connectivity index (χ2v) is 5.93. The first-order valence-electron chi connectivity index (χ1n) is 7.99. The number of carbonyl (C=O) groups is 2. The van der Waals surface area contributed by atoms with Crippen molar-refractivity contribution in [3.8, 4) is 0 Å². The summed E-state index contributed by atoms with van der Waals surface area (Å²) in [5.41, 5.74) is 0. The van der Waals surface area contributed by atoms with E-state index in [0.717, 1.165) is 19.3 Å². The van der Waals surface area contributed by atoms with Crippen molar-refractivity contribution in [2.45, 2.75) is 70.2 Å². The summed E-state index contributed by atoms with van der Waals surface area (Å²) in [5.74, 6) is -0.622. The van der Waals surface area contributed by atoms with Crippen molar-refractivity contribution in [3.05, 3.63) is 12.7 Å². The van der Waals surface area contributed by atoms with Gasteiger partial charge in [-0.2, -0.15) is 0 Å². The number of unbranched alkanes of at least 4 members (excludes halogenated alkanes) is 1. The molecule has 1 heterocycles. The Labute approximate surface area is 132 Å². The Morgan fingerprint density at radius 1 is 1.45 bits per heavy atom. The number of β-amino-alcohol motifs (C(OH)–C–C–N with tert-alkyl or cyclic N) is 1. The first-order chi connectivity index (χ1) is 10.4. The Hall–Kier alpha value is -1.40. The third-order valence-corrected chi connectivity index (χ3v) is 3.94. The molecular weight excluding hydrogens is 284 g/mol. The zero-order valence-corrected chi connectivity index (χ0v) is 13.5. The van der Waals surface area contributed by atoms with E-state index in [1.807, 2.05) is 13.8 Å². The lowest BCUT2D eigenvalue weighted by molar-refractivity contribution is -0.141. The van der Waals surface area contributed by atoms with Gasteiger partial charge in [-0.3, -0.25) is 9.59 Å². The number of aliphatic hydroxyl groups excluding tert-OH is 2. The van der Waals surface area contributed by atoms with Crippen LogP contribution in [-0.2, 0) is 9.59 Å². The smallest absolute Gasteiger partial charge is 0.245 e. The average Bonchev–Trinajstić information content (AvgIpc) is 2.75. The second-order valence-electron chi connectivity index (χ2n) is 5.93. The molecule has 6 nitrogen and oxygen atoms in total. The normalized spacial score (nSPS) is 25.8. The van der Waals surface area contributed by atoms with Crippen LogP contribution in [0.5, 0.6) is 0 Å². The molecule has 126 valence electrons. The first-order valence-corrected chi connectivity index (χ1v) is 7.99. The summed E-state index contributed by atoms with van der Waals surface area (Å²) in [7, 11) is 0. The van der Waals surface area contributed by atoms with Gasteiger partial charge in [0.05, 0.1) is 12.6 Å². The summed E-state index contributed by atoms with van der Waals surface area (Å²) in [6, 6.07) is -1.04. The molecule has 1 unspecified atom stereocenters. The number of nitrogens with zero attached hydrogens (tertiary/aromatic N) is 1. The summed E-state index contributed by atoms with van der Waals surface area (Å²) in [5, 5.41) is 22.7. The fraction of sp³-hybridized carbons (Fsp3) is 0.750. The number of hydrogen-bond donors (Lipinski definition) is 3. The minimum atomic E-state index is -1.24. The molecule has 4 atom stereocenters. The topological polar surface area (TPSA) is 89.9 Å². The molecule has 0 aromatic heterocycles. The van der Waals surface area contributed by atoms with Crippen molar-refractivity contribution in [3.63, 3.8) is 0 Å². The lowest BCUT2D eigenvalue weighted by Gasteiger charge is -2.26. The fourth-order valence-electron chi connectivity index (χ4n) is 2.75. The monoisotopic (exact) mass is 312 g/mol. The van der Waals surface area contributed by atoms with Gasteiger partial charge in [-0.25, -0.2) is 0 Å². The van der Waals surface area contributed by atoms with E-state index in [4.69, 9.17) is 0 Å². The molecule has 6 heteroatoms. The highest BCUT2D eigenvalue weighted by Gasteiger charge is 2.46. The molecule has 0 bridgehead atoms. The van der Waals surface area contributed by atoms with Crippen molar-refractivity contribution in [1.29, 1.82) is 0 Å². The van der Waals surface area contributed by atoms with Gasteiger partial charge in [0.2, 0.25) is 11.8 Å². The van der Waals surface area contributed by atoms with Crippen LogP contribution in [0.2, 0.25) is 0 Å². The van der Waals surface area contributed by atoms with E-state index in [2.05, 4.69) is 11.9 Å². The fourth-order valence-corrected chi connectivity index (χ4v) is 2.75. The lowest BCUT2D eigenvalue weighted by Crippen LogP contribution is -2.52. The first kappa shape index (κ1) is 18.6. The molecule has 0 radical (unpaired) electrons. The van der Waals surface area contributed by atoms with Gasteiger partial charge in [-0.1, -0.05) is 19.4 Å². The van der Waals surface area contributed by atoms with Gasteiger partial charge in [0.1, 0.15) is 12.1 Å². The van der Waals surface area contributed by atoms with Crippen LogP contribution < -0.4 is 5.32 Å². The highest BCUT2D eigenvalue weighted by atomic mass is 16.3. The van der Waals surface area contributed by atoms with Crippen molar-refractivity contribution < 1.29 is 19.8 Å². The number of rotatable bonds is 8. The number of hydrogen-bond acceptors (Lipinski definition) is 4. The molecule has 0 aromatic carbocycles. The summed E-state index contributed by atoms with van der Waals surface area (Å²) in [6.07, 6.45) is 2.81. The Balaban J connectivity index is 2.71. The van der Waals surface area contributed by atoms with Crippen molar-refractivity contribution in [1.82, 2.24) is 10.2 Å². The predicted octanol–water partition coefficient (Wildman–Crippen LogP) is 0.580. The third kappa shape index (κ3) is 4.81. The van der Waals surface area contributed by atoms with E-state index >= 15 is 0 Å². The molecular formula is C16H28N2O4. The van der Waals surface area contributed by atoms with Gasteiger partial charge in [0.15, 0.2) is 0 Å². The van der Waals surface area contributed by atoms with Gasteiger partial charge >= 0.3 is 0 Å². The van der Waals surface area contributed by atoms with Crippen LogP contribution in [0.4, 0.5) is 0 Å². The summed E-state index contributed by atoms with van der Waals surface area (Å²) in [4.78, 5) is 25.9. The van der Waals surface area contributed by atoms with Gasteiger partial charge in [-0.15, -0.1) is 6.58 Å². The number of likely N-dealkylation sites (tertiary alicyclic amines) is 1. The van der Waals surface area contributed by atoms with E-state index in [0.29, 0.717) is 6.42 Å². The number of amides is 2. The molecule has 1 aliphatic rings. The molecule has 22 heavy (non-hydrogen) atoms. The maximum atomic E-state index is 12.3. The van der Waals surface area contributed by atoms with E-state index in [1.165, 1.54) is 4.90 Å². The Kier molecular flexibility index (Phi) is 7.55. The standard InChI is InChI=1S/C16H28N2O4/c1-4-6-7-9-13(20)18-10-12(19)15(21)14(18)16(22)17-11(3)8-5-2/h4,11-12,14-15,19,21H,1,5-10H2,2-3H3,(H,17,22)/t11?,12-,14-,15-/m0/s1. The number of aliphatic hydroxyl groups is 2. The molecule has 0 aliphatic carbocycles. The quantitative estimate of drug-likeness (QED) is 0.452.